The molecule has 27 heavy (non-hydrogen) atoms. The fourth-order valence-electron chi connectivity index (χ4n) is 2.84. The minimum Gasteiger partial charge on any atom is -0.287 e. The number of hydrogen-bond donors (Lipinski definition) is 0. The topological polar surface area (TPSA) is 33.2 Å². The maximum Gasteiger partial charge on any atom is 0.271 e. The average Bonchev–Trinajstić information content (AvgIpc) is 3.03. The van der Waals surface area contributed by atoms with Crippen LogP contribution in [-0.2, 0) is 6.54 Å². The second kappa shape index (κ2) is 7.69. The molecule has 0 aliphatic heterocycles. The number of aromatic nitrogens is 1. The third-order valence-corrected chi connectivity index (χ3v) is 6.02. The fraction of sp³-hybridized carbons (Fsp3) is 0.0476. The van der Waals surface area contributed by atoms with E-state index in [1.165, 1.54) is 11.3 Å². The van der Waals surface area contributed by atoms with E-state index in [-0.39, 0.29) is 5.91 Å². The first-order chi connectivity index (χ1) is 13.1. The number of carbonyl (C=O) groups is 1. The Morgan fingerprint density at radius 2 is 1.78 bits per heavy atom. The fourth-order valence-corrected chi connectivity index (χ4v) is 4.57. The molecule has 1 amide bonds. The molecule has 0 aliphatic carbocycles. The number of nitrogens with zero attached hydrogens (tertiary/aromatic N) is 2. The molecular weight excluding hydrogens is 399 g/mol. The molecule has 3 nitrogen and oxygen atoms in total. The normalized spacial score (nSPS) is 10.9. The predicted molar refractivity (Wildman–Crippen MR) is 113 cm³/mol. The Bertz CT molecular complexity index is 1100. The number of rotatable bonds is 4. The molecule has 0 aliphatic rings. The van der Waals surface area contributed by atoms with Gasteiger partial charge in [0.25, 0.3) is 5.91 Å². The van der Waals surface area contributed by atoms with Gasteiger partial charge in [-0.2, -0.15) is 0 Å². The van der Waals surface area contributed by atoms with Gasteiger partial charge in [0.1, 0.15) is 10.7 Å². The van der Waals surface area contributed by atoms with Gasteiger partial charge in [0.15, 0.2) is 0 Å². The predicted octanol–water partition coefficient (Wildman–Crippen LogP) is 6.45. The molecular formula is C21H14Cl2N2OS. The number of fused-ring (bicyclic) bond motifs is 1. The van der Waals surface area contributed by atoms with Crippen LogP contribution < -0.4 is 4.90 Å². The highest BCUT2D eigenvalue weighted by molar-refractivity contribution is 7.21. The summed E-state index contributed by atoms with van der Waals surface area (Å²) in [6, 6.07) is 20.8. The summed E-state index contributed by atoms with van der Waals surface area (Å²) in [6.07, 6.45) is 1.67. The van der Waals surface area contributed by atoms with Gasteiger partial charge in [-0.3, -0.25) is 9.69 Å². The number of halogens is 2. The Labute approximate surface area is 170 Å². The largest absolute Gasteiger partial charge is 0.287 e. The van der Waals surface area contributed by atoms with Crippen LogP contribution in [0.25, 0.3) is 10.1 Å². The maximum absolute atomic E-state index is 13.4. The standard InChI is InChI=1S/C21H14Cl2N2OS/c22-15-9-10-16-17(12-15)27-20(19(16)23)21(26)25(18-8-4-5-11-24-18)13-14-6-2-1-3-7-14/h1-12H,13H2. The van der Waals surface area contributed by atoms with Crippen molar-refractivity contribution in [1.29, 1.82) is 0 Å². The molecule has 6 heteroatoms. The minimum absolute atomic E-state index is 0.181. The molecule has 4 rings (SSSR count). The molecule has 0 N–H and O–H groups in total. The molecule has 0 spiro atoms. The number of anilines is 1. The molecule has 0 saturated carbocycles. The molecule has 0 atom stereocenters. The molecule has 4 aromatic rings. The van der Waals surface area contributed by atoms with Crippen molar-refractivity contribution in [3.63, 3.8) is 0 Å². The first-order valence-electron chi connectivity index (χ1n) is 8.28. The van der Waals surface area contributed by atoms with Crippen molar-refractivity contribution in [2.75, 3.05) is 4.90 Å². The third-order valence-electron chi connectivity index (χ3n) is 4.14. The van der Waals surface area contributed by atoms with E-state index in [9.17, 15) is 4.79 Å². The van der Waals surface area contributed by atoms with E-state index in [1.54, 1.807) is 17.2 Å². The molecule has 0 bridgehead atoms. The van der Waals surface area contributed by atoms with Crippen LogP contribution in [0.1, 0.15) is 15.2 Å². The van der Waals surface area contributed by atoms with Crippen molar-refractivity contribution in [2.24, 2.45) is 0 Å². The number of benzene rings is 2. The van der Waals surface area contributed by atoms with Gasteiger partial charge < -0.3 is 0 Å². The molecule has 0 saturated heterocycles. The van der Waals surface area contributed by atoms with Gasteiger partial charge in [0.2, 0.25) is 0 Å². The minimum atomic E-state index is -0.181. The zero-order chi connectivity index (χ0) is 18.8. The van der Waals surface area contributed by atoms with E-state index < -0.39 is 0 Å². The monoisotopic (exact) mass is 412 g/mol. The Morgan fingerprint density at radius 1 is 1.00 bits per heavy atom. The van der Waals surface area contributed by atoms with Crippen LogP contribution in [0.15, 0.2) is 72.9 Å². The molecule has 134 valence electrons. The lowest BCUT2D eigenvalue weighted by Gasteiger charge is -2.21. The van der Waals surface area contributed by atoms with Gasteiger partial charge in [0.05, 0.1) is 11.6 Å². The number of pyridine rings is 1. The van der Waals surface area contributed by atoms with E-state index in [4.69, 9.17) is 23.2 Å². The molecule has 0 unspecified atom stereocenters. The zero-order valence-electron chi connectivity index (χ0n) is 14.1. The van der Waals surface area contributed by atoms with Crippen LogP contribution in [0, 0.1) is 0 Å². The van der Waals surface area contributed by atoms with Crippen LogP contribution in [0.3, 0.4) is 0 Å². The highest BCUT2D eigenvalue weighted by atomic mass is 35.5. The van der Waals surface area contributed by atoms with E-state index in [2.05, 4.69) is 4.98 Å². The van der Waals surface area contributed by atoms with Crippen molar-refractivity contribution in [1.82, 2.24) is 4.98 Å². The summed E-state index contributed by atoms with van der Waals surface area (Å²) in [5.41, 5.74) is 1.01. The molecule has 0 fully saturated rings. The summed E-state index contributed by atoms with van der Waals surface area (Å²) >= 11 is 14.0. The summed E-state index contributed by atoms with van der Waals surface area (Å²) in [5, 5.41) is 1.89. The number of thiophene rings is 1. The van der Waals surface area contributed by atoms with Crippen LogP contribution in [0.2, 0.25) is 10.0 Å². The Kier molecular flexibility index (Phi) is 5.12. The number of amides is 1. The number of carbonyl (C=O) groups excluding carboxylic acids is 1. The smallest absolute Gasteiger partial charge is 0.271 e. The van der Waals surface area contributed by atoms with Gasteiger partial charge >= 0.3 is 0 Å². The Hall–Kier alpha value is -2.40. The van der Waals surface area contributed by atoms with Gasteiger partial charge in [-0.15, -0.1) is 11.3 Å². The van der Waals surface area contributed by atoms with Crippen LogP contribution in [0.4, 0.5) is 5.82 Å². The van der Waals surface area contributed by atoms with Crippen molar-refractivity contribution < 1.29 is 4.79 Å². The molecule has 0 radical (unpaired) electrons. The highest BCUT2D eigenvalue weighted by Crippen LogP contribution is 2.38. The van der Waals surface area contributed by atoms with Crippen molar-refractivity contribution in [3.8, 4) is 0 Å². The second-order valence-corrected chi connectivity index (χ2v) is 7.82. The maximum atomic E-state index is 13.4. The van der Waals surface area contributed by atoms with Gasteiger partial charge in [0, 0.05) is 21.3 Å². The summed E-state index contributed by atoms with van der Waals surface area (Å²) in [6.45, 7) is 0.405. The summed E-state index contributed by atoms with van der Waals surface area (Å²) < 4.78 is 0.886. The summed E-state index contributed by atoms with van der Waals surface area (Å²) in [7, 11) is 0. The lowest BCUT2D eigenvalue weighted by atomic mass is 10.2. The first-order valence-corrected chi connectivity index (χ1v) is 9.85. The van der Waals surface area contributed by atoms with Crippen LogP contribution >= 0.6 is 34.5 Å². The zero-order valence-corrected chi connectivity index (χ0v) is 16.4. The van der Waals surface area contributed by atoms with Crippen LogP contribution in [0.5, 0.6) is 0 Å². The molecule has 2 aromatic heterocycles. The quantitative estimate of drug-likeness (QED) is 0.385. The van der Waals surface area contributed by atoms with E-state index >= 15 is 0 Å². The SMILES string of the molecule is O=C(c1sc2cc(Cl)ccc2c1Cl)N(Cc1ccccc1)c1ccccn1. The van der Waals surface area contributed by atoms with E-state index in [1.807, 2.05) is 60.7 Å². The van der Waals surface area contributed by atoms with Gasteiger partial charge in [-0.1, -0.05) is 65.7 Å². The third kappa shape index (κ3) is 3.69. The molecule has 2 heterocycles. The highest BCUT2D eigenvalue weighted by Gasteiger charge is 2.25. The summed E-state index contributed by atoms with van der Waals surface area (Å²) in [4.78, 5) is 19.9. The van der Waals surface area contributed by atoms with Crippen LogP contribution in [-0.4, -0.2) is 10.9 Å². The molecule has 2 aromatic carbocycles. The van der Waals surface area contributed by atoms with Crippen molar-refractivity contribution in [2.45, 2.75) is 6.54 Å². The lowest BCUT2D eigenvalue weighted by molar-refractivity contribution is 0.0988. The van der Waals surface area contributed by atoms with E-state index in [0.717, 1.165) is 15.6 Å². The first kappa shape index (κ1) is 18.0. The lowest BCUT2D eigenvalue weighted by Crippen LogP contribution is -2.30. The average molecular weight is 413 g/mol. The second-order valence-electron chi connectivity index (χ2n) is 5.95. The number of hydrogen-bond acceptors (Lipinski definition) is 3. The van der Waals surface area contributed by atoms with Crippen molar-refractivity contribution in [3.05, 3.63) is 93.4 Å². The van der Waals surface area contributed by atoms with Gasteiger partial charge in [-0.25, -0.2) is 4.98 Å². The Balaban J connectivity index is 1.78. The van der Waals surface area contributed by atoms with Gasteiger partial charge in [-0.05, 0) is 29.8 Å². The summed E-state index contributed by atoms with van der Waals surface area (Å²) in [5.74, 6) is 0.401. The van der Waals surface area contributed by atoms with Crippen molar-refractivity contribution >= 4 is 56.3 Å². The Morgan fingerprint density at radius 3 is 2.52 bits per heavy atom. The van der Waals surface area contributed by atoms with E-state index in [0.29, 0.717) is 27.3 Å².